The number of carbonyl (C=O) groups excluding carboxylic acids is 1. The van der Waals surface area contributed by atoms with Crippen molar-refractivity contribution in [2.24, 2.45) is 11.3 Å². The fourth-order valence-electron chi connectivity index (χ4n) is 4.30. The Bertz CT molecular complexity index is 1110. The first-order chi connectivity index (χ1) is 15.6. The summed E-state index contributed by atoms with van der Waals surface area (Å²) in [6.07, 6.45) is -4.78. The molecule has 1 N–H and O–H groups in total. The van der Waals surface area contributed by atoms with Gasteiger partial charge in [0, 0.05) is 16.5 Å². The molecule has 1 atom stereocenters. The Hall–Kier alpha value is -3.43. The first-order valence-corrected chi connectivity index (χ1v) is 10.1. The summed E-state index contributed by atoms with van der Waals surface area (Å²) in [4.78, 5) is 23.4. The molecule has 2 aliphatic rings. The van der Waals surface area contributed by atoms with E-state index in [2.05, 4.69) is 0 Å². The quantitative estimate of drug-likeness (QED) is 0.575. The molecule has 0 saturated heterocycles. The first-order valence-electron chi connectivity index (χ1n) is 10.1. The summed E-state index contributed by atoms with van der Waals surface area (Å²) in [6.45, 7) is -0.443. The van der Waals surface area contributed by atoms with Gasteiger partial charge in [-0.1, -0.05) is 12.1 Å². The number of alkyl halides is 3. The Balaban J connectivity index is 1.77. The van der Waals surface area contributed by atoms with Crippen LogP contribution in [0.2, 0.25) is 0 Å². The first kappa shape index (κ1) is 22.8. The van der Waals surface area contributed by atoms with E-state index in [0.717, 1.165) is 0 Å². The summed E-state index contributed by atoms with van der Waals surface area (Å²) in [5.74, 6) is -4.42. The minimum absolute atomic E-state index is 0.0389. The fourth-order valence-corrected chi connectivity index (χ4v) is 4.30. The zero-order valence-corrected chi connectivity index (χ0v) is 17.8. The standard InChI is InChI=1S/C23H21F3O7/c1-30-16-7-6-13(12-4-3-5-14-15(12)10-32-21(14)29)17(18(16)31-2)33-11-22(8-9-22)19(20(27)28)23(24,25)26/h3-7,19H,8-11H2,1-2H3,(H,27,28). The lowest BCUT2D eigenvalue weighted by Gasteiger charge is -2.27. The van der Waals surface area contributed by atoms with E-state index < -0.39 is 36.1 Å². The number of rotatable bonds is 8. The molecule has 1 fully saturated rings. The van der Waals surface area contributed by atoms with Gasteiger partial charge in [0.15, 0.2) is 17.4 Å². The minimum atomic E-state index is -4.91. The van der Waals surface area contributed by atoms with E-state index in [9.17, 15) is 27.9 Å². The van der Waals surface area contributed by atoms with Gasteiger partial charge in [0.2, 0.25) is 5.75 Å². The predicted molar refractivity (Wildman–Crippen MR) is 108 cm³/mol. The van der Waals surface area contributed by atoms with Crippen molar-refractivity contribution < 1.29 is 46.8 Å². The molecule has 1 unspecified atom stereocenters. The minimum Gasteiger partial charge on any atom is -0.493 e. The van der Waals surface area contributed by atoms with E-state index in [1.165, 1.54) is 14.2 Å². The molecule has 1 aliphatic heterocycles. The van der Waals surface area contributed by atoms with Gasteiger partial charge in [-0.2, -0.15) is 13.2 Å². The zero-order valence-electron chi connectivity index (χ0n) is 17.8. The molecule has 4 rings (SSSR count). The summed E-state index contributed by atoms with van der Waals surface area (Å²) in [7, 11) is 2.76. The number of carboxylic acid groups (broad SMARTS) is 1. The second kappa shape index (κ2) is 8.17. The lowest BCUT2D eigenvalue weighted by Crippen LogP contribution is -2.41. The van der Waals surface area contributed by atoms with E-state index in [0.29, 0.717) is 22.3 Å². The zero-order chi connectivity index (χ0) is 24.0. The van der Waals surface area contributed by atoms with Gasteiger partial charge in [-0.3, -0.25) is 4.79 Å². The number of aliphatic carboxylic acids is 1. The number of fused-ring (bicyclic) bond motifs is 1. The normalized spacial score (nSPS) is 17.1. The monoisotopic (exact) mass is 466 g/mol. The van der Waals surface area contributed by atoms with E-state index in [4.69, 9.17) is 18.9 Å². The smallest absolute Gasteiger partial charge is 0.402 e. The van der Waals surface area contributed by atoms with Gasteiger partial charge in [0.25, 0.3) is 0 Å². The van der Waals surface area contributed by atoms with Gasteiger partial charge in [-0.05, 0) is 36.6 Å². The lowest BCUT2D eigenvalue weighted by molar-refractivity contribution is -0.209. The highest BCUT2D eigenvalue weighted by Crippen LogP contribution is 2.58. The molecule has 10 heteroatoms. The molecule has 0 aromatic heterocycles. The van der Waals surface area contributed by atoms with Crippen LogP contribution in [0.25, 0.3) is 11.1 Å². The highest BCUT2D eigenvalue weighted by atomic mass is 19.4. The van der Waals surface area contributed by atoms with Gasteiger partial charge >= 0.3 is 18.1 Å². The lowest BCUT2D eigenvalue weighted by atomic mass is 9.89. The highest BCUT2D eigenvalue weighted by Gasteiger charge is 2.64. The summed E-state index contributed by atoms with van der Waals surface area (Å²) in [5, 5.41) is 9.26. The van der Waals surface area contributed by atoms with E-state index in [-0.39, 0.29) is 36.7 Å². The van der Waals surface area contributed by atoms with E-state index >= 15 is 0 Å². The van der Waals surface area contributed by atoms with Crippen LogP contribution in [0.4, 0.5) is 13.2 Å². The van der Waals surface area contributed by atoms with Crippen molar-refractivity contribution >= 4 is 11.9 Å². The Kier molecular flexibility index (Phi) is 5.63. The van der Waals surface area contributed by atoms with Crippen LogP contribution in [0, 0.1) is 11.3 Å². The van der Waals surface area contributed by atoms with Gasteiger partial charge in [0.1, 0.15) is 6.61 Å². The van der Waals surface area contributed by atoms with Crippen molar-refractivity contribution in [3.8, 4) is 28.4 Å². The average Bonchev–Trinajstić information content (AvgIpc) is 3.43. The van der Waals surface area contributed by atoms with Crippen molar-refractivity contribution in [2.45, 2.75) is 25.6 Å². The number of hydrogen-bond acceptors (Lipinski definition) is 6. The molecule has 1 aliphatic carbocycles. The number of ether oxygens (including phenoxy) is 4. The summed E-state index contributed by atoms with van der Waals surface area (Å²) in [5.41, 5.74) is 0.462. The van der Waals surface area contributed by atoms with Crippen LogP contribution >= 0.6 is 0 Å². The maximum absolute atomic E-state index is 13.5. The number of carboxylic acids is 1. The summed E-state index contributed by atoms with van der Waals surface area (Å²) >= 11 is 0. The van der Waals surface area contributed by atoms with Gasteiger partial charge in [-0.25, -0.2) is 4.79 Å². The van der Waals surface area contributed by atoms with E-state index in [1.807, 2.05) is 0 Å². The molecule has 2 aromatic rings. The van der Waals surface area contributed by atoms with Gasteiger partial charge < -0.3 is 24.1 Å². The number of esters is 1. The van der Waals surface area contributed by atoms with Crippen molar-refractivity contribution in [3.63, 3.8) is 0 Å². The molecule has 0 spiro atoms. The third kappa shape index (κ3) is 3.94. The summed E-state index contributed by atoms with van der Waals surface area (Å²) < 4.78 is 62.3. The van der Waals surface area contributed by atoms with Crippen LogP contribution in [0.15, 0.2) is 30.3 Å². The van der Waals surface area contributed by atoms with Crippen LogP contribution in [0.3, 0.4) is 0 Å². The van der Waals surface area contributed by atoms with Crippen molar-refractivity contribution in [3.05, 3.63) is 41.5 Å². The van der Waals surface area contributed by atoms with E-state index in [1.54, 1.807) is 30.3 Å². The van der Waals surface area contributed by atoms with Crippen molar-refractivity contribution in [1.29, 1.82) is 0 Å². The average molecular weight is 466 g/mol. The number of carbonyl (C=O) groups is 2. The van der Waals surface area contributed by atoms with Crippen molar-refractivity contribution in [1.82, 2.24) is 0 Å². The molecule has 0 radical (unpaired) electrons. The molecule has 1 heterocycles. The molecular weight excluding hydrogens is 445 g/mol. The highest BCUT2D eigenvalue weighted by molar-refractivity contribution is 5.96. The molecule has 7 nitrogen and oxygen atoms in total. The molecule has 0 amide bonds. The molecular formula is C23H21F3O7. The van der Waals surface area contributed by atoms with Gasteiger partial charge in [0.05, 0.1) is 26.4 Å². The molecule has 2 aromatic carbocycles. The molecule has 176 valence electrons. The number of cyclic esters (lactones) is 1. The predicted octanol–water partition coefficient (Wildman–Crippen LogP) is 4.46. The largest absolute Gasteiger partial charge is 0.493 e. The second-order valence-electron chi connectivity index (χ2n) is 8.05. The third-order valence-electron chi connectivity index (χ3n) is 6.12. The van der Waals surface area contributed by atoms with Crippen LogP contribution in [0.1, 0.15) is 28.8 Å². The van der Waals surface area contributed by atoms with Crippen LogP contribution in [-0.4, -0.2) is 44.0 Å². The Morgan fingerprint density at radius 3 is 2.36 bits per heavy atom. The summed E-state index contributed by atoms with van der Waals surface area (Å²) in [6, 6.07) is 8.27. The Morgan fingerprint density at radius 1 is 1.09 bits per heavy atom. The fraction of sp³-hybridized carbons (Fsp3) is 0.391. The van der Waals surface area contributed by atoms with Crippen molar-refractivity contribution in [2.75, 3.05) is 20.8 Å². The van der Waals surface area contributed by atoms with Crippen LogP contribution in [-0.2, 0) is 16.1 Å². The second-order valence-corrected chi connectivity index (χ2v) is 8.05. The maximum Gasteiger partial charge on any atom is 0.402 e. The topological polar surface area (TPSA) is 91.3 Å². The van der Waals surface area contributed by atoms with Gasteiger partial charge in [-0.15, -0.1) is 0 Å². The maximum atomic E-state index is 13.5. The number of benzene rings is 2. The van der Waals surface area contributed by atoms with Crippen LogP contribution in [0.5, 0.6) is 17.2 Å². The Morgan fingerprint density at radius 2 is 1.79 bits per heavy atom. The number of halogens is 3. The Labute approximate surface area is 187 Å². The molecule has 1 saturated carbocycles. The molecule has 33 heavy (non-hydrogen) atoms. The molecule has 0 bridgehead atoms. The SMILES string of the molecule is COc1ccc(-c2cccc3c2COC3=O)c(OCC2(C(C(=O)O)C(F)(F)F)CC2)c1OC. The number of methoxy groups -OCH3 is 2. The third-order valence-corrected chi connectivity index (χ3v) is 6.12. The van der Waals surface area contributed by atoms with Crippen LogP contribution < -0.4 is 14.2 Å². The number of hydrogen-bond donors (Lipinski definition) is 1.